The molecule has 0 saturated carbocycles. The second-order valence-corrected chi connectivity index (χ2v) is 8.31. The first-order chi connectivity index (χ1) is 11.9. The third-order valence-electron chi connectivity index (χ3n) is 4.65. The highest BCUT2D eigenvalue weighted by atomic mass is 32.2. The summed E-state index contributed by atoms with van der Waals surface area (Å²) in [5.41, 5.74) is 9.40. The summed E-state index contributed by atoms with van der Waals surface area (Å²) in [6, 6.07) is 3.98. The summed E-state index contributed by atoms with van der Waals surface area (Å²) in [7, 11) is -3.15. The van der Waals surface area contributed by atoms with E-state index >= 15 is 0 Å². The molecular weight excluding hydrogens is 342 g/mol. The maximum Gasteiger partial charge on any atom is 0.240 e. The summed E-state index contributed by atoms with van der Waals surface area (Å²) in [6.45, 7) is 1.01. The quantitative estimate of drug-likeness (QED) is 0.713. The summed E-state index contributed by atoms with van der Waals surface area (Å²) in [5, 5.41) is 11.1. The zero-order valence-corrected chi connectivity index (χ0v) is 14.6. The Bertz CT molecular complexity index is 1000. The van der Waals surface area contributed by atoms with E-state index in [1.165, 1.54) is 10.6 Å². The van der Waals surface area contributed by atoms with Crippen LogP contribution in [0.5, 0.6) is 0 Å². The number of H-pyrrole nitrogens is 1. The van der Waals surface area contributed by atoms with Crippen molar-refractivity contribution in [2.75, 3.05) is 25.1 Å². The van der Waals surface area contributed by atoms with E-state index in [2.05, 4.69) is 26.3 Å². The number of nitrogen functional groups attached to an aromatic ring is 1. The number of nitrogens with one attached hydrogen (secondary N) is 1. The Labute approximate surface area is 144 Å². The highest BCUT2D eigenvalue weighted by Crippen LogP contribution is 2.32. The van der Waals surface area contributed by atoms with Crippen molar-refractivity contribution in [2.24, 2.45) is 0 Å². The van der Waals surface area contributed by atoms with E-state index in [0.29, 0.717) is 18.7 Å². The van der Waals surface area contributed by atoms with Crippen LogP contribution in [0.4, 0.5) is 5.95 Å². The number of anilines is 1. The molecule has 0 spiro atoms. The van der Waals surface area contributed by atoms with Gasteiger partial charge < -0.3 is 5.73 Å². The van der Waals surface area contributed by atoms with E-state index in [0.717, 1.165) is 29.7 Å². The van der Waals surface area contributed by atoms with Crippen LogP contribution in [0.15, 0.2) is 24.5 Å². The number of hydrogen-bond acceptors (Lipinski definition) is 6. The molecule has 3 aromatic heterocycles. The molecule has 25 heavy (non-hydrogen) atoms. The van der Waals surface area contributed by atoms with Gasteiger partial charge in [-0.25, -0.2) is 17.2 Å². The molecule has 132 valence electrons. The molecule has 9 nitrogen and oxygen atoms in total. The molecule has 1 fully saturated rings. The minimum Gasteiger partial charge on any atom is -0.366 e. The Balaban J connectivity index is 1.74. The molecular formula is C15H19N7O2S. The molecule has 4 heterocycles. The molecule has 0 aliphatic carbocycles. The lowest BCUT2D eigenvalue weighted by Crippen LogP contribution is -2.37. The fourth-order valence-electron chi connectivity index (χ4n) is 3.37. The largest absolute Gasteiger partial charge is 0.366 e. The highest BCUT2D eigenvalue weighted by molar-refractivity contribution is 7.88. The van der Waals surface area contributed by atoms with Gasteiger partial charge in [0.1, 0.15) is 0 Å². The maximum absolute atomic E-state index is 11.7. The number of hydrogen-bond donors (Lipinski definition) is 2. The van der Waals surface area contributed by atoms with Crippen LogP contribution in [-0.4, -0.2) is 56.9 Å². The zero-order chi connectivity index (χ0) is 17.6. The van der Waals surface area contributed by atoms with Crippen molar-refractivity contribution in [3.63, 3.8) is 0 Å². The van der Waals surface area contributed by atoms with Crippen molar-refractivity contribution < 1.29 is 8.42 Å². The minimum absolute atomic E-state index is 0.188. The number of pyridine rings is 1. The van der Waals surface area contributed by atoms with Gasteiger partial charge in [-0.2, -0.15) is 10.1 Å². The third-order valence-corrected chi connectivity index (χ3v) is 5.96. The molecule has 0 bridgehead atoms. The summed E-state index contributed by atoms with van der Waals surface area (Å²) in [6.07, 6.45) is 6.29. The Hall–Kier alpha value is -2.46. The standard InChI is InChI=1S/C15H19N7O2S/c1-25(23,24)21-4-2-10(3-5-21)13-6-11(12-8-17-18-9-12)7-14-19-15(16)20-22(13)14/h6-10H,2-5H2,1H3,(H2,16,20)(H,17,18). The SMILES string of the molecule is CS(=O)(=O)N1CCC(c2cc(-c3cn[nH]c3)cc3nc(N)nn23)CC1. The van der Waals surface area contributed by atoms with Crippen LogP contribution in [0, 0.1) is 0 Å². The summed E-state index contributed by atoms with van der Waals surface area (Å²) < 4.78 is 26.7. The first-order valence-corrected chi connectivity index (χ1v) is 9.87. The van der Waals surface area contributed by atoms with Crippen LogP contribution in [0.25, 0.3) is 16.8 Å². The normalized spacial score (nSPS) is 17.3. The summed E-state index contributed by atoms with van der Waals surface area (Å²) in [5.74, 6) is 0.410. The second kappa shape index (κ2) is 5.81. The van der Waals surface area contributed by atoms with Crippen LogP contribution < -0.4 is 5.73 Å². The Morgan fingerprint density at radius 1 is 1.24 bits per heavy atom. The van der Waals surface area contributed by atoms with Gasteiger partial charge in [0.05, 0.1) is 12.5 Å². The fraction of sp³-hybridized carbons (Fsp3) is 0.400. The molecule has 4 rings (SSSR count). The van der Waals surface area contributed by atoms with Gasteiger partial charge in [0, 0.05) is 36.5 Å². The number of nitrogens with zero attached hydrogens (tertiary/aromatic N) is 5. The summed E-state index contributed by atoms with van der Waals surface area (Å²) in [4.78, 5) is 4.29. The van der Waals surface area contributed by atoms with E-state index in [-0.39, 0.29) is 11.9 Å². The van der Waals surface area contributed by atoms with Gasteiger partial charge in [0.15, 0.2) is 5.65 Å². The van der Waals surface area contributed by atoms with E-state index in [4.69, 9.17) is 5.73 Å². The smallest absolute Gasteiger partial charge is 0.240 e. The molecule has 1 aliphatic heterocycles. The lowest BCUT2D eigenvalue weighted by atomic mass is 9.92. The van der Waals surface area contributed by atoms with Crippen molar-refractivity contribution >= 4 is 21.6 Å². The van der Waals surface area contributed by atoms with Gasteiger partial charge in [0.2, 0.25) is 16.0 Å². The average Bonchev–Trinajstić information content (AvgIpc) is 3.21. The number of fused-ring (bicyclic) bond motifs is 1. The van der Waals surface area contributed by atoms with Crippen LogP contribution in [0.1, 0.15) is 24.5 Å². The molecule has 3 aromatic rings. The molecule has 0 unspecified atom stereocenters. The predicted molar refractivity (Wildman–Crippen MR) is 93.4 cm³/mol. The third kappa shape index (κ3) is 2.98. The van der Waals surface area contributed by atoms with Crippen LogP contribution in [-0.2, 0) is 10.0 Å². The second-order valence-electron chi connectivity index (χ2n) is 6.33. The number of nitrogens with two attached hydrogens (primary N) is 1. The van der Waals surface area contributed by atoms with Crippen molar-refractivity contribution in [3.05, 3.63) is 30.2 Å². The van der Waals surface area contributed by atoms with Crippen LogP contribution in [0.3, 0.4) is 0 Å². The van der Waals surface area contributed by atoms with Crippen molar-refractivity contribution in [3.8, 4) is 11.1 Å². The van der Waals surface area contributed by atoms with Crippen molar-refractivity contribution in [1.29, 1.82) is 0 Å². The maximum atomic E-state index is 11.7. The zero-order valence-electron chi connectivity index (χ0n) is 13.8. The molecule has 0 aromatic carbocycles. The van der Waals surface area contributed by atoms with E-state index in [1.54, 1.807) is 10.7 Å². The molecule has 10 heteroatoms. The Kier molecular flexibility index (Phi) is 3.73. The highest BCUT2D eigenvalue weighted by Gasteiger charge is 2.28. The number of sulfonamides is 1. The first kappa shape index (κ1) is 16.0. The minimum atomic E-state index is -3.15. The van der Waals surface area contributed by atoms with Gasteiger partial charge in [-0.3, -0.25) is 5.10 Å². The average molecular weight is 361 g/mol. The summed E-state index contributed by atoms with van der Waals surface area (Å²) >= 11 is 0. The molecule has 0 amide bonds. The first-order valence-electron chi connectivity index (χ1n) is 8.02. The fourth-order valence-corrected chi connectivity index (χ4v) is 4.25. The van der Waals surface area contributed by atoms with Gasteiger partial charge in [-0.1, -0.05) is 0 Å². The van der Waals surface area contributed by atoms with E-state index in [1.807, 2.05) is 12.3 Å². The van der Waals surface area contributed by atoms with E-state index in [9.17, 15) is 8.42 Å². The number of piperidine rings is 1. The van der Waals surface area contributed by atoms with Gasteiger partial charge in [-0.15, -0.1) is 5.10 Å². The van der Waals surface area contributed by atoms with Gasteiger partial charge >= 0.3 is 0 Å². The number of aromatic nitrogens is 5. The van der Waals surface area contributed by atoms with Gasteiger partial charge in [0.25, 0.3) is 0 Å². The topological polar surface area (TPSA) is 122 Å². The van der Waals surface area contributed by atoms with Crippen LogP contribution >= 0.6 is 0 Å². The molecule has 1 aliphatic rings. The molecule has 0 atom stereocenters. The lowest BCUT2D eigenvalue weighted by Gasteiger charge is -2.30. The monoisotopic (exact) mass is 361 g/mol. The Morgan fingerprint density at radius 3 is 2.64 bits per heavy atom. The molecule has 1 saturated heterocycles. The van der Waals surface area contributed by atoms with Crippen LogP contribution in [0.2, 0.25) is 0 Å². The Morgan fingerprint density at radius 2 is 2.00 bits per heavy atom. The molecule has 0 radical (unpaired) electrons. The molecule has 3 N–H and O–H groups in total. The van der Waals surface area contributed by atoms with Crippen molar-refractivity contribution in [2.45, 2.75) is 18.8 Å². The number of rotatable bonds is 3. The lowest BCUT2D eigenvalue weighted by molar-refractivity contribution is 0.316. The predicted octanol–water partition coefficient (Wildman–Crippen LogP) is 0.841. The number of aromatic amines is 1. The van der Waals surface area contributed by atoms with E-state index < -0.39 is 10.0 Å². The van der Waals surface area contributed by atoms with Crippen molar-refractivity contribution in [1.82, 2.24) is 29.1 Å². The van der Waals surface area contributed by atoms with Gasteiger partial charge in [-0.05, 0) is 30.5 Å².